The highest BCUT2D eigenvalue weighted by Gasteiger charge is 2.23. The maximum absolute atomic E-state index is 11.0. The number of rotatable bonds is 6. The van der Waals surface area contributed by atoms with E-state index in [1.807, 2.05) is 0 Å². The summed E-state index contributed by atoms with van der Waals surface area (Å²) in [6.45, 7) is 3.90. The Balaban J connectivity index is 2.28. The summed E-state index contributed by atoms with van der Waals surface area (Å²) in [5, 5.41) is 9.00. The molecular weight excluding hydrogens is 252 g/mol. The Bertz CT molecular complexity index is 285. The number of carboxylic acids is 1. The largest absolute Gasteiger partial charge is 0.481 e. The van der Waals surface area contributed by atoms with Gasteiger partial charge in [0.25, 0.3) is 0 Å². The molecule has 1 unspecified atom stereocenters. The summed E-state index contributed by atoms with van der Waals surface area (Å²) in [5.41, 5.74) is 0. The summed E-state index contributed by atoms with van der Waals surface area (Å²) >= 11 is 1.05. The number of ether oxygens (including phenoxy) is 1. The van der Waals surface area contributed by atoms with Crippen LogP contribution in [0.25, 0.3) is 0 Å². The molecule has 0 aromatic rings. The van der Waals surface area contributed by atoms with E-state index in [0.29, 0.717) is 5.75 Å². The average Bonchev–Trinajstić information content (AvgIpc) is 2.30. The monoisotopic (exact) mass is 274 g/mol. The zero-order valence-electron chi connectivity index (χ0n) is 11.1. The van der Waals surface area contributed by atoms with Crippen LogP contribution in [0, 0.1) is 11.8 Å². The van der Waals surface area contributed by atoms with E-state index in [1.54, 1.807) is 0 Å². The summed E-state index contributed by atoms with van der Waals surface area (Å²) in [6, 6.07) is 0. The molecule has 0 aromatic carbocycles. The van der Waals surface area contributed by atoms with E-state index in [2.05, 4.69) is 6.92 Å². The van der Waals surface area contributed by atoms with Crippen molar-refractivity contribution in [3.8, 4) is 0 Å². The highest BCUT2D eigenvalue weighted by Crippen LogP contribution is 2.26. The highest BCUT2D eigenvalue weighted by atomic mass is 32.2. The molecule has 0 radical (unpaired) electrons. The summed E-state index contributed by atoms with van der Waals surface area (Å²) in [7, 11) is 0. The molecule has 0 spiro atoms. The smallest absolute Gasteiger partial charge is 0.309 e. The van der Waals surface area contributed by atoms with Gasteiger partial charge in [0.2, 0.25) is 0 Å². The maximum Gasteiger partial charge on any atom is 0.309 e. The molecule has 1 aliphatic carbocycles. The predicted molar refractivity (Wildman–Crippen MR) is 71.6 cm³/mol. The molecule has 4 nitrogen and oxygen atoms in total. The van der Waals surface area contributed by atoms with E-state index < -0.39 is 11.9 Å². The minimum Gasteiger partial charge on any atom is -0.481 e. The number of carbonyl (C=O) groups excluding carboxylic acids is 1. The van der Waals surface area contributed by atoms with Gasteiger partial charge in [0.15, 0.2) is 5.12 Å². The van der Waals surface area contributed by atoms with Crippen LogP contribution in [-0.2, 0) is 14.3 Å². The van der Waals surface area contributed by atoms with Gasteiger partial charge in [-0.25, -0.2) is 0 Å². The van der Waals surface area contributed by atoms with Gasteiger partial charge in [-0.1, -0.05) is 18.7 Å². The minimum absolute atomic E-state index is 0.0484. The molecule has 0 saturated heterocycles. The van der Waals surface area contributed by atoms with Crippen LogP contribution in [0.5, 0.6) is 0 Å². The fraction of sp³-hybridized carbons (Fsp3) is 0.846. The average molecular weight is 274 g/mol. The van der Waals surface area contributed by atoms with Crippen LogP contribution in [0.3, 0.4) is 0 Å². The van der Waals surface area contributed by atoms with Gasteiger partial charge in [-0.15, -0.1) is 0 Å². The summed E-state index contributed by atoms with van der Waals surface area (Å²) in [4.78, 5) is 21.9. The molecule has 0 aliphatic heterocycles. The molecule has 18 heavy (non-hydrogen) atoms. The lowest BCUT2D eigenvalue weighted by molar-refractivity contribution is -0.144. The molecule has 1 aliphatic rings. The molecule has 5 heteroatoms. The van der Waals surface area contributed by atoms with Gasteiger partial charge < -0.3 is 9.84 Å². The van der Waals surface area contributed by atoms with Gasteiger partial charge in [0, 0.05) is 12.7 Å². The summed E-state index contributed by atoms with van der Waals surface area (Å²) in [5.74, 6) is -0.409. The molecular formula is C13H22O4S. The number of thioether (sulfide) groups is 1. The number of aliphatic carboxylic acids is 1. The van der Waals surface area contributed by atoms with E-state index >= 15 is 0 Å². The topological polar surface area (TPSA) is 63.6 Å². The molecule has 1 fully saturated rings. The van der Waals surface area contributed by atoms with Crippen LogP contribution in [0.15, 0.2) is 0 Å². The molecule has 0 aromatic heterocycles. The first-order valence-electron chi connectivity index (χ1n) is 6.46. The van der Waals surface area contributed by atoms with E-state index in [9.17, 15) is 9.59 Å². The lowest BCUT2D eigenvalue weighted by atomic mass is 9.89. The molecule has 1 rings (SSSR count). The lowest BCUT2D eigenvalue weighted by Crippen LogP contribution is -2.28. The maximum atomic E-state index is 11.0. The Hall–Kier alpha value is -0.550. The van der Waals surface area contributed by atoms with Crippen LogP contribution >= 0.6 is 11.8 Å². The Morgan fingerprint density at radius 3 is 2.44 bits per heavy atom. The Kier molecular flexibility index (Phi) is 6.71. The van der Waals surface area contributed by atoms with Crippen molar-refractivity contribution in [2.45, 2.75) is 45.6 Å². The molecule has 0 bridgehead atoms. The van der Waals surface area contributed by atoms with Crippen molar-refractivity contribution in [3.63, 3.8) is 0 Å². The molecule has 1 atom stereocenters. The summed E-state index contributed by atoms with van der Waals surface area (Å²) in [6.07, 6.45) is 4.56. The normalized spacial score (nSPS) is 25.7. The van der Waals surface area contributed by atoms with Gasteiger partial charge in [-0.05, 0) is 31.6 Å². The van der Waals surface area contributed by atoms with E-state index in [-0.39, 0.29) is 17.8 Å². The van der Waals surface area contributed by atoms with Crippen LogP contribution in [0.1, 0.15) is 39.5 Å². The van der Waals surface area contributed by atoms with Crippen LogP contribution in [0.2, 0.25) is 0 Å². The van der Waals surface area contributed by atoms with E-state index in [0.717, 1.165) is 43.4 Å². The SMILES string of the molecule is CC(=O)SCC(COC1CCC(C)CC1)C(=O)O. The van der Waals surface area contributed by atoms with Crippen molar-refractivity contribution in [1.29, 1.82) is 0 Å². The molecule has 0 amide bonds. The molecule has 1 saturated carbocycles. The van der Waals surface area contributed by atoms with Gasteiger partial charge in [-0.2, -0.15) is 0 Å². The van der Waals surface area contributed by atoms with Crippen LogP contribution in [-0.4, -0.2) is 34.7 Å². The molecule has 1 N–H and O–H groups in total. The third-order valence-corrected chi connectivity index (χ3v) is 4.31. The standard InChI is InChI=1S/C13H22O4S/c1-9-3-5-12(6-4-9)17-7-11(13(15)16)8-18-10(2)14/h9,11-12H,3-8H2,1-2H3,(H,15,16). The fourth-order valence-corrected chi connectivity index (χ4v) is 2.73. The van der Waals surface area contributed by atoms with Crippen molar-refractivity contribution in [2.75, 3.05) is 12.4 Å². The van der Waals surface area contributed by atoms with Gasteiger partial charge in [0.05, 0.1) is 18.6 Å². The van der Waals surface area contributed by atoms with E-state index in [4.69, 9.17) is 9.84 Å². The van der Waals surface area contributed by atoms with Gasteiger partial charge in [0.1, 0.15) is 0 Å². The predicted octanol–water partition coefficient (Wildman–Crippen LogP) is 2.56. The van der Waals surface area contributed by atoms with Crippen molar-refractivity contribution in [3.05, 3.63) is 0 Å². The lowest BCUT2D eigenvalue weighted by Gasteiger charge is -2.27. The first kappa shape index (κ1) is 15.5. The third kappa shape index (κ3) is 5.87. The van der Waals surface area contributed by atoms with Crippen molar-refractivity contribution >= 4 is 22.8 Å². The van der Waals surface area contributed by atoms with Crippen molar-refractivity contribution < 1.29 is 19.4 Å². The zero-order valence-corrected chi connectivity index (χ0v) is 11.9. The molecule has 104 valence electrons. The fourth-order valence-electron chi connectivity index (χ4n) is 2.06. The van der Waals surface area contributed by atoms with Crippen molar-refractivity contribution in [2.24, 2.45) is 11.8 Å². The Morgan fingerprint density at radius 2 is 1.94 bits per heavy atom. The number of hydrogen-bond donors (Lipinski definition) is 1. The second-order valence-electron chi connectivity index (χ2n) is 5.05. The zero-order chi connectivity index (χ0) is 13.5. The first-order valence-corrected chi connectivity index (χ1v) is 7.45. The Labute approximate surface area is 112 Å². The van der Waals surface area contributed by atoms with E-state index in [1.165, 1.54) is 6.92 Å². The Morgan fingerprint density at radius 1 is 1.33 bits per heavy atom. The second kappa shape index (κ2) is 7.79. The van der Waals surface area contributed by atoms with Crippen molar-refractivity contribution in [1.82, 2.24) is 0 Å². The van der Waals surface area contributed by atoms with Gasteiger partial charge >= 0.3 is 5.97 Å². The minimum atomic E-state index is -0.882. The first-order chi connectivity index (χ1) is 8.49. The van der Waals surface area contributed by atoms with Gasteiger partial charge in [-0.3, -0.25) is 9.59 Å². The third-order valence-electron chi connectivity index (χ3n) is 3.33. The van der Waals surface area contributed by atoms with Crippen LogP contribution < -0.4 is 0 Å². The number of carbonyl (C=O) groups is 2. The number of hydrogen-bond acceptors (Lipinski definition) is 4. The quantitative estimate of drug-likeness (QED) is 0.806. The highest BCUT2D eigenvalue weighted by molar-refractivity contribution is 8.13. The number of carboxylic acid groups (broad SMARTS) is 1. The molecule has 0 heterocycles. The summed E-state index contributed by atoms with van der Waals surface area (Å²) < 4.78 is 5.68. The van der Waals surface area contributed by atoms with Crippen LogP contribution in [0.4, 0.5) is 0 Å². The second-order valence-corrected chi connectivity index (χ2v) is 6.25.